The lowest BCUT2D eigenvalue weighted by atomic mass is 10.2. The Balaban J connectivity index is 2.16. The summed E-state index contributed by atoms with van der Waals surface area (Å²) in [6, 6.07) is 14.5. The molecule has 0 saturated heterocycles. The van der Waals surface area contributed by atoms with Crippen LogP contribution in [0.2, 0.25) is 5.02 Å². The van der Waals surface area contributed by atoms with Crippen LogP contribution in [0.25, 0.3) is 0 Å². The fourth-order valence-electron chi connectivity index (χ4n) is 1.35. The summed E-state index contributed by atoms with van der Waals surface area (Å²) in [7, 11) is 0. The first kappa shape index (κ1) is 11.0. The van der Waals surface area contributed by atoms with Crippen molar-refractivity contribution in [3.63, 3.8) is 0 Å². The van der Waals surface area contributed by atoms with Gasteiger partial charge in [-0.05, 0) is 42.0 Å². The molecule has 0 fully saturated rings. The van der Waals surface area contributed by atoms with Crippen molar-refractivity contribution in [2.45, 2.75) is 6.61 Å². The molecule has 2 nitrogen and oxygen atoms in total. The zero-order valence-corrected chi connectivity index (χ0v) is 9.32. The van der Waals surface area contributed by atoms with Crippen LogP contribution in [0, 0.1) is 0 Å². The summed E-state index contributed by atoms with van der Waals surface area (Å²) in [5.41, 5.74) is 0.825. The van der Waals surface area contributed by atoms with Crippen LogP contribution in [0.1, 0.15) is 5.56 Å². The Morgan fingerprint density at radius 1 is 1.00 bits per heavy atom. The predicted octanol–water partition coefficient (Wildman–Crippen LogP) is 3.62. The minimum Gasteiger partial charge on any atom is -0.457 e. The maximum atomic E-state index is 8.99. The fraction of sp³-hybridized carbons (Fsp3) is 0.0769. The lowest BCUT2D eigenvalue weighted by molar-refractivity contribution is 0.281. The summed E-state index contributed by atoms with van der Waals surface area (Å²) in [4.78, 5) is 0. The van der Waals surface area contributed by atoms with E-state index in [0.717, 1.165) is 11.3 Å². The van der Waals surface area contributed by atoms with Crippen LogP contribution in [0.5, 0.6) is 11.5 Å². The van der Waals surface area contributed by atoms with Gasteiger partial charge in [0.15, 0.2) is 0 Å². The van der Waals surface area contributed by atoms with E-state index in [0.29, 0.717) is 10.8 Å². The molecule has 2 aromatic rings. The van der Waals surface area contributed by atoms with Gasteiger partial charge in [-0.3, -0.25) is 0 Å². The van der Waals surface area contributed by atoms with Gasteiger partial charge in [0.25, 0.3) is 0 Å². The number of halogens is 1. The third kappa shape index (κ3) is 2.75. The highest BCUT2D eigenvalue weighted by molar-refractivity contribution is 6.30. The molecule has 0 unspecified atom stereocenters. The zero-order chi connectivity index (χ0) is 11.4. The Kier molecular flexibility index (Phi) is 3.44. The van der Waals surface area contributed by atoms with Gasteiger partial charge in [0.2, 0.25) is 0 Å². The van der Waals surface area contributed by atoms with Crippen molar-refractivity contribution in [3.05, 3.63) is 59.1 Å². The highest BCUT2D eigenvalue weighted by Gasteiger charge is 1.98. The molecule has 0 aromatic heterocycles. The first-order valence-corrected chi connectivity index (χ1v) is 5.29. The second kappa shape index (κ2) is 5.01. The number of ether oxygens (including phenoxy) is 1. The summed E-state index contributed by atoms with van der Waals surface area (Å²) in [6.45, 7) is 0.0117. The number of benzene rings is 2. The van der Waals surface area contributed by atoms with E-state index in [1.54, 1.807) is 30.3 Å². The standard InChI is InChI=1S/C13H11ClO2/c14-11-4-6-12(7-5-11)16-13-3-1-2-10(8-13)9-15/h1-8,15H,9H2. The first-order valence-electron chi connectivity index (χ1n) is 4.91. The van der Waals surface area contributed by atoms with Crippen molar-refractivity contribution < 1.29 is 9.84 Å². The molecule has 0 amide bonds. The Morgan fingerprint density at radius 2 is 1.75 bits per heavy atom. The molecule has 0 aliphatic carbocycles. The molecule has 0 saturated carbocycles. The molecule has 1 N–H and O–H groups in total. The van der Waals surface area contributed by atoms with Crippen molar-refractivity contribution in [3.8, 4) is 11.5 Å². The summed E-state index contributed by atoms with van der Waals surface area (Å²) in [6.07, 6.45) is 0. The number of rotatable bonds is 3. The Hall–Kier alpha value is -1.51. The highest BCUT2D eigenvalue weighted by Crippen LogP contribution is 2.23. The molecule has 0 aliphatic heterocycles. The average Bonchev–Trinajstić information content (AvgIpc) is 2.32. The number of aliphatic hydroxyl groups excluding tert-OH is 1. The van der Waals surface area contributed by atoms with Gasteiger partial charge in [-0.1, -0.05) is 23.7 Å². The topological polar surface area (TPSA) is 29.5 Å². The van der Waals surface area contributed by atoms with Crippen LogP contribution >= 0.6 is 11.6 Å². The van der Waals surface area contributed by atoms with Crippen LogP contribution < -0.4 is 4.74 Å². The van der Waals surface area contributed by atoms with Gasteiger partial charge in [-0.25, -0.2) is 0 Å². The van der Waals surface area contributed by atoms with Crippen LogP contribution in [-0.4, -0.2) is 5.11 Å². The smallest absolute Gasteiger partial charge is 0.127 e. The molecule has 0 heterocycles. The second-order valence-corrected chi connectivity index (χ2v) is 3.80. The predicted molar refractivity (Wildman–Crippen MR) is 63.9 cm³/mol. The maximum Gasteiger partial charge on any atom is 0.127 e. The SMILES string of the molecule is OCc1cccc(Oc2ccc(Cl)cc2)c1. The van der Waals surface area contributed by atoms with Gasteiger partial charge in [-0.15, -0.1) is 0 Å². The van der Waals surface area contributed by atoms with E-state index in [9.17, 15) is 0 Å². The molecule has 0 bridgehead atoms. The zero-order valence-electron chi connectivity index (χ0n) is 8.56. The Labute approximate surface area is 99.1 Å². The van der Waals surface area contributed by atoms with Crippen molar-refractivity contribution >= 4 is 11.6 Å². The van der Waals surface area contributed by atoms with Crippen molar-refractivity contribution in [2.24, 2.45) is 0 Å². The molecule has 2 aromatic carbocycles. The average molecular weight is 235 g/mol. The van der Waals surface area contributed by atoms with E-state index in [2.05, 4.69) is 0 Å². The first-order chi connectivity index (χ1) is 7.78. The van der Waals surface area contributed by atoms with Gasteiger partial charge < -0.3 is 9.84 Å². The van der Waals surface area contributed by atoms with E-state index in [1.807, 2.05) is 18.2 Å². The largest absolute Gasteiger partial charge is 0.457 e. The molecular weight excluding hydrogens is 224 g/mol. The summed E-state index contributed by atoms with van der Waals surface area (Å²) in [5, 5.41) is 9.67. The van der Waals surface area contributed by atoms with Crippen LogP contribution in [0.15, 0.2) is 48.5 Å². The monoisotopic (exact) mass is 234 g/mol. The Bertz CT molecular complexity index is 466. The van der Waals surface area contributed by atoms with Crippen LogP contribution in [0.3, 0.4) is 0 Å². The van der Waals surface area contributed by atoms with Crippen LogP contribution in [0.4, 0.5) is 0 Å². The lowest BCUT2D eigenvalue weighted by Crippen LogP contribution is -1.86. The van der Waals surface area contributed by atoms with Gasteiger partial charge in [0, 0.05) is 5.02 Å². The number of hydrogen-bond acceptors (Lipinski definition) is 2. The quantitative estimate of drug-likeness (QED) is 0.879. The minimum atomic E-state index is 0.0117. The van der Waals surface area contributed by atoms with Gasteiger partial charge >= 0.3 is 0 Å². The van der Waals surface area contributed by atoms with E-state index in [-0.39, 0.29) is 6.61 Å². The number of hydrogen-bond donors (Lipinski definition) is 1. The number of aliphatic hydroxyl groups is 1. The van der Waals surface area contributed by atoms with Crippen LogP contribution in [-0.2, 0) is 6.61 Å². The third-order valence-corrected chi connectivity index (χ3v) is 2.38. The summed E-state index contributed by atoms with van der Waals surface area (Å²) in [5.74, 6) is 1.42. The van der Waals surface area contributed by atoms with Crippen molar-refractivity contribution in [1.29, 1.82) is 0 Å². The molecule has 0 aliphatic rings. The van der Waals surface area contributed by atoms with Gasteiger partial charge in [-0.2, -0.15) is 0 Å². The molecule has 0 radical (unpaired) electrons. The Morgan fingerprint density at radius 3 is 2.44 bits per heavy atom. The molecular formula is C13H11ClO2. The van der Waals surface area contributed by atoms with Gasteiger partial charge in [0.1, 0.15) is 11.5 Å². The molecule has 0 atom stereocenters. The summed E-state index contributed by atoms with van der Waals surface area (Å²) >= 11 is 5.77. The minimum absolute atomic E-state index is 0.0117. The van der Waals surface area contributed by atoms with E-state index in [1.165, 1.54) is 0 Å². The molecule has 16 heavy (non-hydrogen) atoms. The fourth-order valence-corrected chi connectivity index (χ4v) is 1.47. The molecule has 2 rings (SSSR count). The molecule has 0 spiro atoms. The second-order valence-electron chi connectivity index (χ2n) is 3.36. The normalized spacial score (nSPS) is 10.1. The van der Waals surface area contributed by atoms with E-state index >= 15 is 0 Å². The van der Waals surface area contributed by atoms with Crippen molar-refractivity contribution in [1.82, 2.24) is 0 Å². The maximum absolute atomic E-state index is 8.99. The molecule has 3 heteroatoms. The van der Waals surface area contributed by atoms with Gasteiger partial charge in [0.05, 0.1) is 6.61 Å². The van der Waals surface area contributed by atoms with E-state index in [4.69, 9.17) is 21.4 Å². The third-order valence-electron chi connectivity index (χ3n) is 2.13. The molecule has 82 valence electrons. The van der Waals surface area contributed by atoms with Crippen molar-refractivity contribution in [2.75, 3.05) is 0 Å². The highest BCUT2D eigenvalue weighted by atomic mass is 35.5. The summed E-state index contributed by atoms with van der Waals surface area (Å²) < 4.78 is 5.61. The van der Waals surface area contributed by atoms with E-state index < -0.39 is 0 Å². The lowest BCUT2D eigenvalue weighted by Gasteiger charge is -2.06.